The first kappa shape index (κ1) is 25.1. The van der Waals surface area contributed by atoms with Crippen molar-refractivity contribution in [2.24, 2.45) is 11.6 Å². The predicted octanol–water partition coefficient (Wildman–Crippen LogP) is 3.92. The maximum atomic E-state index is 12.3. The normalized spacial score (nSPS) is 17.3. The lowest BCUT2D eigenvalue weighted by atomic mass is 9.98. The van der Waals surface area contributed by atoms with Crippen molar-refractivity contribution in [3.05, 3.63) is 29.2 Å². The molecule has 0 spiro atoms. The van der Waals surface area contributed by atoms with Gasteiger partial charge in [0.1, 0.15) is 5.75 Å². The lowest BCUT2D eigenvalue weighted by Crippen LogP contribution is -2.38. The number of hydrogen-bond acceptors (Lipinski definition) is 7. The van der Waals surface area contributed by atoms with Gasteiger partial charge in [-0.2, -0.15) is 0 Å². The number of nitrogens with zero attached hydrogens (tertiary/aromatic N) is 3. The molecule has 2 fully saturated rings. The van der Waals surface area contributed by atoms with Gasteiger partial charge in [0.15, 0.2) is 0 Å². The number of hydrogen-bond donors (Lipinski definition) is 2. The summed E-state index contributed by atoms with van der Waals surface area (Å²) in [6.45, 7) is -0.0918. The van der Waals surface area contributed by atoms with Gasteiger partial charge < -0.3 is 25.1 Å². The van der Waals surface area contributed by atoms with Gasteiger partial charge in [-0.05, 0) is 63.5 Å². The van der Waals surface area contributed by atoms with Crippen LogP contribution in [0, 0.1) is 0 Å². The molecule has 2 saturated carbocycles. The molecule has 8 nitrogen and oxygen atoms in total. The molecule has 1 amide bonds. The molecule has 0 aliphatic heterocycles. The Morgan fingerprint density at radius 1 is 1.15 bits per heavy atom. The van der Waals surface area contributed by atoms with E-state index in [2.05, 4.69) is 0 Å². The SMILES string of the molecule is CN(C/C(=C(/N)c1ccc(OC2CCCCC2)c(C2CC2)n1)N(C)N)C(=O)OCCCCF. The second kappa shape index (κ2) is 12.1. The minimum Gasteiger partial charge on any atom is -0.489 e. The highest BCUT2D eigenvalue weighted by atomic mass is 19.1. The van der Waals surface area contributed by atoms with E-state index in [0.29, 0.717) is 35.8 Å². The first-order valence-electron chi connectivity index (χ1n) is 12.0. The maximum Gasteiger partial charge on any atom is 0.409 e. The zero-order valence-corrected chi connectivity index (χ0v) is 19.9. The van der Waals surface area contributed by atoms with Crippen LogP contribution in [0.4, 0.5) is 9.18 Å². The highest BCUT2D eigenvalue weighted by Gasteiger charge is 2.30. The van der Waals surface area contributed by atoms with Crippen molar-refractivity contribution in [3.8, 4) is 5.75 Å². The number of pyridine rings is 1. The Bertz CT molecular complexity index is 822. The van der Waals surface area contributed by atoms with Crippen molar-refractivity contribution in [1.82, 2.24) is 14.9 Å². The number of likely N-dealkylation sites (N-methyl/N-ethyl adjacent to an activating group) is 2. The molecule has 1 heterocycles. The monoisotopic (exact) mass is 463 g/mol. The van der Waals surface area contributed by atoms with Gasteiger partial charge >= 0.3 is 6.09 Å². The smallest absolute Gasteiger partial charge is 0.409 e. The molecule has 0 saturated heterocycles. The van der Waals surface area contributed by atoms with Gasteiger partial charge in [-0.15, -0.1) is 0 Å². The fourth-order valence-electron chi connectivity index (χ4n) is 4.01. The van der Waals surface area contributed by atoms with E-state index in [9.17, 15) is 9.18 Å². The Morgan fingerprint density at radius 2 is 1.88 bits per heavy atom. The summed E-state index contributed by atoms with van der Waals surface area (Å²) in [7, 11) is 3.28. The second-order valence-electron chi connectivity index (χ2n) is 9.07. The number of hydrazine groups is 1. The Morgan fingerprint density at radius 3 is 2.52 bits per heavy atom. The summed E-state index contributed by atoms with van der Waals surface area (Å²) in [6.07, 6.45) is 8.68. The number of unbranched alkanes of at least 4 members (excludes halogenated alkanes) is 1. The molecule has 1 aromatic heterocycles. The second-order valence-corrected chi connectivity index (χ2v) is 9.07. The van der Waals surface area contributed by atoms with Crippen molar-refractivity contribution in [2.45, 2.75) is 69.8 Å². The predicted molar refractivity (Wildman–Crippen MR) is 126 cm³/mol. The molecular formula is C24H38FN5O3. The van der Waals surface area contributed by atoms with Crippen LogP contribution in [0.15, 0.2) is 17.8 Å². The van der Waals surface area contributed by atoms with E-state index < -0.39 is 12.8 Å². The van der Waals surface area contributed by atoms with Gasteiger partial charge in [-0.1, -0.05) is 6.42 Å². The topological polar surface area (TPSA) is 107 Å². The summed E-state index contributed by atoms with van der Waals surface area (Å²) in [5, 5.41) is 1.40. The van der Waals surface area contributed by atoms with E-state index in [0.717, 1.165) is 37.1 Å². The molecule has 33 heavy (non-hydrogen) atoms. The maximum absolute atomic E-state index is 12.3. The average molecular weight is 464 g/mol. The molecule has 4 N–H and O–H groups in total. The molecule has 0 atom stereocenters. The summed E-state index contributed by atoms with van der Waals surface area (Å²) in [4.78, 5) is 18.5. The number of carbonyl (C=O) groups is 1. The molecular weight excluding hydrogens is 425 g/mol. The summed E-state index contributed by atoms with van der Waals surface area (Å²) in [5.41, 5.74) is 9.02. The number of nitrogens with two attached hydrogens (primary N) is 2. The number of aromatic nitrogens is 1. The van der Waals surface area contributed by atoms with E-state index in [4.69, 9.17) is 26.0 Å². The third-order valence-corrected chi connectivity index (χ3v) is 6.16. The summed E-state index contributed by atoms with van der Waals surface area (Å²) in [5.74, 6) is 7.31. The zero-order chi connectivity index (χ0) is 23.8. The Kier molecular flexibility index (Phi) is 9.17. The molecule has 9 heteroatoms. The molecule has 0 aromatic carbocycles. The highest BCUT2D eigenvalue weighted by molar-refractivity contribution is 5.69. The lowest BCUT2D eigenvalue weighted by Gasteiger charge is -2.26. The molecule has 0 radical (unpaired) electrons. The average Bonchev–Trinajstić information content (AvgIpc) is 3.65. The van der Waals surface area contributed by atoms with Gasteiger partial charge in [-0.3, -0.25) is 4.39 Å². The van der Waals surface area contributed by atoms with E-state index in [1.54, 1.807) is 14.1 Å². The van der Waals surface area contributed by atoms with E-state index in [-0.39, 0.29) is 19.3 Å². The molecule has 1 aromatic rings. The van der Waals surface area contributed by atoms with Crippen LogP contribution in [0.1, 0.15) is 75.1 Å². The molecule has 0 bridgehead atoms. The summed E-state index contributed by atoms with van der Waals surface area (Å²) in [6, 6.07) is 3.83. The fourth-order valence-corrected chi connectivity index (χ4v) is 4.01. The Hall–Kier alpha value is -2.55. The van der Waals surface area contributed by atoms with Crippen molar-refractivity contribution in [1.29, 1.82) is 0 Å². The fraction of sp³-hybridized carbons (Fsp3) is 0.667. The largest absolute Gasteiger partial charge is 0.489 e. The van der Waals surface area contributed by atoms with Gasteiger partial charge in [0, 0.05) is 20.0 Å². The van der Waals surface area contributed by atoms with Crippen LogP contribution in [0.5, 0.6) is 5.75 Å². The molecule has 3 rings (SSSR count). The number of halogens is 1. The number of ether oxygens (including phenoxy) is 2. The third-order valence-electron chi connectivity index (χ3n) is 6.16. The van der Waals surface area contributed by atoms with Crippen molar-refractivity contribution >= 4 is 11.8 Å². The molecule has 0 unspecified atom stereocenters. The van der Waals surface area contributed by atoms with E-state index in [1.165, 1.54) is 29.2 Å². The van der Waals surface area contributed by atoms with Crippen LogP contribution >= 0.6 is 0 Å². The standard InChI is InChI=1S/C24H38FN5O3/c1-29(24(31)32-15-7-6-14-25)16-20(30(2)27)22(26)19-12-13-21(23(28-19)17-10-11-17)33-18-8-4-3-5-9-18/h12-13,17-18H,3-11,14-16,26-27H2,1-2H3/b22-20-. The van der Waals surface area contributed by atoms with E-state index in [1.807, 2.05) is 12.1 Å². The minimum atomic E-state index is -0.510. The number of carbonyl (C=O) groups excluding carboxylic acids is 1. The van der Waals surface area contributed by atoms with Crippen LogP contribution in [-0.4, -0.2) is 61.0 Å². The highest BCUT2D eigenvalue weighted by Crippen LogP contribution is 2.44. The Labute approximate surface area is 196 Å². The minimum absolute atomic E-state index is 0.154. The lowest BCUT2D eigenvalue weighted by molar-refractivity contribution is 0.109. The third kappa shape index (κ3) is 7.22. The number of rotatable bonds is 11. The number of alkyl halides is 1. The van der Waals surface area contributed by atoms with Crippen molar-refractivity contribution in [3.63, 3.8) is 0 Å². The van der Waals surface area contributed by atoms with Crippen molar-refractivity contribution < 1.29 is 18.7 Å². The Balaban J connectivity index is 1.74. The first-order valence-corrected chi connectivity index (χ1v) is 12.0. The quantitative estimate of drug-likeness (QED) is 0.291. The number of amides is 1. The van der Waals surface area contributed by atoms with Crippen molar-refractivity contribution in [2.75, 3.05) is 33.9 Å². The first-order chi connectivity index (χ1) is 15.9. The summed E-state index contributed by atoms with van der Waals surface area (Å²) < 4.78 is 23.7. The molecule has 184 valence electrons. The van der Waals surface area contributed by atoms with Crippen LogP contribution in [-0.2, 0) is 4.74 Å². The molecule has 2 aliphatic carbocycles. The van der Waals surface area contributed by atoms with Crippen LogP contribution in [0.2, 0.25) is 0 Å². The van der Waals surface area contributed by atoms with Gasteiger partial charge in [0.2, 0.25) is 0 Å². The zero-order valence-electron chi connectivity index (χ0n) is 19.9. The van der Waals surface area contributed by atoms with Gasteiger partial charge in [0.25, 0.3) is 0 Å². The van der Waals surface area contributed by atoms with Crippen LogP contribution in [0.3, 0.4) is 0 Å². The van der Waals surface area contributed by atoms with Crippen LogP contribution in [0.25, 0.3) is 5.70 Å². The van der Waals surface area contributed by atoms with Crippen LogP contribution < -0.4 is 16.3 Å². The van der Waals surface area contributed by atoms with E-state index >= 15 is 0 Å². The van der Waals surface area contributed by atoms with Gasteiger partial charge in [0.05, 0.1) is 48.7 Å². The summed E-state index contributed by atoms with van der Waals surface area (Å²) >= 11 is 0. The van der Waals surface area contributed by atoms with Gasteiger partial charge in [-0.25, -0.2) is 15.6 Å². The molecule has 2 aliphatic rings.